The maximum Gasteiger partial charge on any atom is 0.255 e. The van der Waals surface area contributed by atoms with Gasteiger partial charge in [-0.25, -0.2) is 0 Å². The molecule has 1 amide bonds. The smallest absolute Gasteiger partial charge is 0.255 e. The van der Waals surface area contributed by atoms with Gasteiger partial charge in [0.1, 0.15) is 11.5 Å². The third-order valence-corrected chi connectivity index (χ3v) is 4.69. The predicted octanol–water partition coefficient (Wildman–Crippen LogP) is 2.11. The van der Waals surface area contributed by atoms with E-state index >= 15 is 0 Å². The van der Waals surface area contributed by atoms with Gasteiger partial charge in [-0.15, -0.1) is 0 Å². The van der Waals surface area contributed by atoms with Gasteiger partial charge in [-0.2, -0.15) is 11.8 Å². The van der Waals surface area contributed by atoms with E-state index in [-0.39, 0.29) is 27.7 Å². The van der Waals surface area contributed by atoms with Crippen molar-refractivity contribution in [2.24, 2.45) is 0 Å². The Balaban J connectivity index is 2.01. The standard InChI is InChI=1S/C13H17NO3S/c1-13(5-2-6-18-13)8-14-12(17)10-7-9(15)3-4-11(10)16/h3-4,7,15-16H,2,5-6,8H2,1H3,(H,14,17). The average Bonchev–Trinajstić information content (AvgIpc) is 2.77. The van der Waals surface area contributed by atoms with E-state index in [9.17, 15) is 15.0 Å². The van der Waals surface area contributed by atoms with Crippen molar-refractivity contribution in [3.8, 4) is 11.5 Å². The molecule has 1 heterocycles. The van der Waals surface area contributed by atoms with Gasteiger partial charge in [-0.05, 0) is 43.7 Å². The summed E-state index contributed by atoms with van der Waals surface area (Å²) in [5, 5.41) is 21.7. The summed E-state index contributed by atoms with van der Waals surface area (Å²) in [6.45, 7) is 2.71. The van der Waals surface area contributed by atoms with E-state index in [2.05, 4.69) is 12.2 Å². The quantitative estimate of drug-likeness (QED) is 0.734. The van der Waals surface area contributed by atoms with E-state index in [1.54, 1.807) is 0 Å². The summed E-state index contributed by atoms with van der Waals surface area (Å²) in [6.07, 6.45) is 2.26. The molecule has 0 spiro atoms. The second-order valence-electron chi connectivity index (χ2n) is 4.79. The lowest BCUT2D eigenvalue weighted by molar-refractivity contribution is 0.0947. The highest BCUT2D eigenvalue weighted by Gasteiger charge is 2.30. The van der Waals surface area contributed by atoms with Gasteiger partial charge in [0.15, 0.2) is 0 Å². The zero-order valence-electron chi connectivity index (χ0n) is 10.3. The molecule has 1 fully saturated rings. The number of rotatable bonds is 3. The maximum atomic E-state index is 11.9. The van der Waals surface area contributed by atoms with Gasteiger partial charge in [0, 0.05) is 11.3 Å². The molecule has 1 unspecified atom stereocenters. The Morgan fingerprint density at radius 2 is 2.28 bits per heavy atom. The van der Waals surface area contributed by atoms with E-state index in [0.717, 1.165) is 12.2 Å². The van der Waals surface area contributed by atoms with Crippen molar-refractivity contribution in [2.45, 2.75) is 24.5 Å². The molecule has 98 valence electrons. The number of hydrogen-bond donors (Lipinski definition) is 3. The van der Waals surface area contributed by atoms with Crippen LogP contribution in [0.4, 0.5) is 0 Å². The van der Waals surface area contributed by atoms with Crippen molar-refractivity contribution in [2.75, 3.05) is 12.3 Å². The molecule has 0 aromatic heterocycles. The summed E-state index contributed by atoms with van der Waals surface area (Å²) in [4.78, 5) is 11.9. The Labute approximate surface area is 110 Å². The number of thioether (sulfide) groups is 1. The summed E-state index contributed by atoms with van der Waals surface area (Å²) < 4.78 is 0.0854. The summed E-state index contributed by atoms with van der Waals surface area (Å²) in [5.41, 5.74) is 0.113. The molecule has 2 rings (SSSR count). The molecular weight excluding hydrogens is 250 g/mol. The van der Waals surface area contributed by atoms with Crippen LogP contribution in [0, 0.1) is 0 Å². The molecule has 1 aliphatic heterocycles. The fraction of sp³-hybridized carbons (Fsp3) is 0.462. The minimum atomic E-state index is -0.350. The zero-order valence-corrected chi connectivity index (χ0v) is 11.1. The lowest BCUT2D eigenvalue weighted by Crippen LogP contribution is -2.36. The minimum absolute atomic E-state index is 0.0283. The lowest BCUT2D eigenvalue weighted by atomic mass is 10.1. The van der Waals surface area contributed by atoms with Gasteiger partial charge < -0.3 is 15.5 Å². The average molecular weight is 267 g/mol. The molecule has 0 saturated carbocycles. The van der Waals surface area contributed by atoms with Crippen LogP contribution in [0.3, 0.4) is 0 Å². The van der Waals surface area contributed by atoms with Crippen molar-refractivity contribution < 1.29 is 15.0 Å². The van der Waals surface area contributed by atoms with Gasteiger partial charge in [0.2, 0.25) is 0 Å². The third kappa shape index (κ3) is 2.90. The van der Waals surface area contributed by atoms with E-state index in [1.807, 2.05) is 11.8 Å². The van der Waals surface area contributed by atoms with Crippen LogP contribution < -0.4 is 5.32 Å². The molecule has 0 aliphatic carbocycles. The van der Waals surface area contributed by atoms with Crippen LogP contribution in [0.1, 0.15) is 30.1 Å². The molecule has 1 saturated heterocycles. The second kappa shape index (κ2) is 5.10. The molecule has 1 aliphatic rings. The van der Waals surface area contributed by atoms with E-state index in [0.29, 0.717) is 6.54 Å². The number of hydrogen-bond acceptors (Lipinski definition) is 4. The fourth-order valence-electron chi connectivity index (χ4n) is 2.04. The molecule has 0 bridgehead atoms. The summed E-state index contributed by atoms with van der Waals surface area (Å²) in [6, 6.07) is 3.94. The molecule has 1 atom stereocenters. The molecule has 4 nitrogen and oxygen atoms in total. The summed E-state index contributed by atoms with van der Waals surface area (Å²) in [5.74, 6) is 0.634. The third-order valence-electron chi connectivity index (χ3n) is 3.15. The van der Waals surface area contributed by atoms with Crippen LogP contribution in [-0.4, -0.2) is 33.2 Å². The number of benzene rings is 1. The zero-order chi connectivity index (χ0) is 13.2. The molecule has 18 heavy (non-hydrogen) atoms. The van der Waals surface area contributed by atoms with E-state index in [4.69, 9.17) is 0 Å². The summed E-state index contributed by atoms with van der Waals surface area (Å²) in [7, 11) is 0. The number of aromatic hydroxyl groups is 2. The highest BCUT2D eigenvalue weighted by molar-refractivity contribution is 8.00. The molecule has 5 heteroatoms. The Morgan fingerprint density at radius 3 is 2.94 bits per heavy atom. The van der Waals surface area contributed by atoms with E-state index < -0.39 is 0 Å². The highest BCUT2D eigenvalue weighted by atomic mass is 32.2. The Morgan fingerprint density at radius 1 is 1.50 bits per heavy atom. The van der Waals surface area contributed by atoms with Crippen LogP contribution in [-0.2, 0) is 0 Å². The topological polar surface area (TPSA) is 69.6 Å². The number of nitrogens with one attached hydrogen (secondary N) is 1. The van der Waals surface area contributed by atoms with Gasteiger partial charge in [-0.1, -0.05) is 0 Å². The Hall–Kier alpha value is -1.36. The van der Waals surface area contributed by atoms with Crippen molar-refractivity contribution in [3.05, 3.63) is 23.8 Å². The largest absolute Gasteiger partial charge is 0.508 e. The molecule has 1 aromatic rings. The van der Waals surface area contributed by atoms with Gasteiger partial charge in [-0.3, -0.25) is 4.79 Å². The predicted molar refractivity (Wildman–Crippen MR) is 72.2 cm³/mol. The molecule has 1 aromatic carbocycles. The van der Waals surface area contributed by atoms with Crippen LogP contribution in [0.25, 0.3) is 0 Å². The first-order valence-corrected chi connectivity index (χ1v) is 6.93. The number of amides is 1. The van der Waals surface area contributed by atoms with Crippen LogP contribution in [0.15, 0.2) is 18.2 Å². The highest BCUT2D eigenvalue weighted by Crippen LogP contribution is 2.37. The minimum Gasteiger partial charge on any atom is -0.508 e. The monoisotopic (exact) mass is 267 g/mol. The second-order valence-corrected chi connectivity index (χ2v) is 6.47. The fourth-order valence-corrected chi connectivity index (χ4v) is 3.29. The van der Waals surface area contributed by atoms with Crippen LogP contribution >= 0.6 is 11.8 Å². The van der Waals surface area contributed by atoms with Crippen molar-refractivity contribution >= 4 is 17.7 Å². The SMILES string of the molecule is CC1(CNC(=O)c2cc(O)ccc2O)CCCS1. The van der Waals surface area contributed by atoms with Crippen LogP contribution in [0.2, 0.25) is 0 Å². The molecule has 3 N–H and O–H groups in total. The van der Waals surface area contributed by atoms with Crippen molar-refractivity contribution in [1.29, 1.82) is 0 Å². The lowest BCUT2D eigenvalue weighted by Gasteiger charge is -2.22. The number of carbonyl (C=O) groups is 1. The van der Waals surface area contributed by atoms with Gasteiger partial charge in [0.05, 0.1) is 5.56 Å². The number of phenols is 2. The molecule has 0 radical (unpaired) electrons. The van der Waals surface area contributed by atoms with E-state index in [1.165, 1.54) is 24.6 Å². The van der Waals surface area contributed by atoms with Crippen molar-refractivity contribution in [3.63, 3.8) is 0 Å². The van der Waals surface area contributed by atoms with Crippen molar-refractivity contribution in [1.82, 2.24) is 5.32 Å². The normalized spacial score (nSPS) is 22.9. The summed E-state index contributed by atoms with van der Waals surface area (Å²) >= 11 is 1.86. The number of carbonyl (C=O) groups excluding carboxylic acids is 1. The number of phenolic OH excluding ortho intramolecular Hbond substituents is 2. The van der Waals surface area contributed by atoms with Gasteiger partial charge in [0.25, 0.3) is 5.91 Å². The maximum absolute atomic E-state index is 11.9. The molecular formula is C13H17NO3S. The Bertz CT molecular complexity index is 456. The first-order valence-electron chi connectivity index (χ1n) is 5.94. The first-order chi connectivity index (χ1) is 8.50. The van der Waals surface area contributed by atoms with Gasteiger partial charge >= 0.3 is 0 Å². The first kappa shape index (κ1) is 13.1. The van der Waals surface area contributed by atoms with Crippen LogP contribution in [0.5, 0.6) is 11.5 Å². The Kier molecular flexibility index (Phi) is 3.71.